The fourth-order valence-electron chi connectivity index (χ4n) is 1.80. The van der Waals surface area contributed by atoms with Gasteiger partial charge in [-0.1, -0.05) is 11.6 Å². The van der Waals surface area contributed by atoms with E-state index >= 15 is 0 Å². The molecule has 2 rings (SSSR count). The summed E-state index contributed by atoms with van der Waals surface area (Å²) in [4.78, 5) is 11.7. The average molecular weight is 338 g/mol. The highest BCUT2D eigenvalue weighted by molar-refractivity contribution is 7.91. The molecule has 4 N–H and O–H groups in total. The van der Waals surface area contributed by atoms with Gasteiger partial charge in [-0.3, -0.25) is 4.79 Å². The summed E-state index contributed by atoms with van der Waals surface area (Å²) in [5.41, 5.74) is 5.57. The largest absolute Gasteiger partial charge is 0.351 e. The highest BCUT2D eigenvalue weighted by Gasteiger charge is 2.31. The molecule has 0 aliphatic heterocycles. The molecule has 0 aromatic carbocycles. The van der Waals surface area contributed by atoms with Gasteiger partial charge in [-0.2, -0.15) is 0 Å². The predicted molar refractivity (Wildman–Crippen MR) is 78.2 cm³/mol. The van der Waals surface area contributed by atoms with Gasteiger partial charge in [0, 0.05) is 12.6 Å². The topological polar surface area (TPSA) is 101 Å². The van der Waals surface area contributed by atoms with Gasteiger partial charge in [0.25, 0.3) is 10.0 Å². The molecule has 0 spiro atoms. The Bertz CT molecular complexity index is 583. The van der Waals surface area contributed by atoms with E-state index in [4.69, 9.17) is 17.3 Å². The van der Waals surface area contributed by atoms with Gasteiger partial charge >= 0.3 is 0 Å². The third kappa shape index (κ3) is 4.16. The maximum atomic E-state index is 11.9. The van der Waals surface area contributed by atoms with E-state index in [9.17, 15) is 13.2 Å². The molecule has 1 heterocycles. The number of nitrogens with one attached hydrogen (secondary N) is 2. The number of nitrogens with two attached hydrogens (primary N) is 1. The van der Waals surface area contributed by atoms with Crippen LogP contribution in [0.4, 0.5) is 0 Å². The molecule has 1 unspecified atom stereocenters. The second kappa shape index (κ2) is 6.40. The van der Waals surface area contributed by atoms with Gasteiger partial charge in [0.2, 0.25) is 5.91 Å². The number of amides is 1. The van der Waals surface area contributed by atoms with E-state index in [0.29, 0.717) is 16.8 Å². The summed E-state index contributed by atoms with van der Waals surface area (Å²) in [5, 5.41) is 2.74. The highest BCUT2D eigenvalue weighted by Crippen LogP contribution is 2.32. The van der Waals surface area contributed by atoms with Gasteiger partial charge in [0.05, 0.1) is 10.9 Å². The van der Waals surface area contributed by atoms with Crippen molar-refractivity contribution in [1.29, 1.82) is 0 Å². The van der Waals surface area contributed by atoms with Crippen molar-refractivity contribution in [2.24, 2.45) is 11.7 Å². The maximum Gasteiger partial charge on any atom is 0.250 e. The number of sulfonamides is 1. The lowest BCUT2D eigenvalue weighted by atomic mass is 10.2. The molecule has 1 fully saturated rings. The molecule has 0 saturated heterocycles. The Morgan fingerprint density at radius 1 is 1.50 bits per heavy atom. The van der Waals surface area contributed by atoms with Crippen LogP contribution in [0.5, 0.6) is 0 Å². The number of carbonyl (C=O) groups excluding carboxylic acids is 1. The van der Waals surface area contributed by atoms with E-state index in [1.165, 1.54) is 12.1 Å². The molecule has 1 aromatic rings. The van der Waals surface area contributed by atoms with Crippen LogP contribution in [0.1, 0.15) is 12.8 Å². The predicted octanol–water partition coefficient (Wildman–Crippen LogP) is 0.533. The molecule has 1 atom stereocenters. The third-order valence-electron chi connectivity index (χ3n) is 3.03. The van der Waals surface area contributed by atoms with Crippen LogP contribution in [-0.4, -0.2) is 33.5 Å². The lowest BCUT2D eigenvalue weighted by Gasteiger charge is -2.16. The lowest BCUT2D eigenvalue weighted by Crippen LogP contribution is -2.46. The van der Waals surface area contributed by atoms with Crippen molar-refractivity contribution in [3.8, 4) is 0 Å². The van der Waals surface area contributed by atoms with Crippen molar-refractivity contribution < 1.29 is 13.2 Å². The molecule has 1 aliphatic rings. The number of thiophene rings is 1. The van der Waals surface area contributed by atoms with Crippen LogP contribution in [0.3, 0.4) is 0 Å². The van der Waals surface area contributed by atoms with E-state index in [1.54, 1.807) is 0 Å². The second-order valence-electron chi connectivity index (χ2n) is 4.63. The van der Waals surface area contributed by atoms with Crippen LogP contribution in [0.25, 0.3) is 0 Å². The maximum absolute atomic E-state index is 11.9. The van der Waals surface area contributed by atoms with Crippen molar-refractivity contribution in [3.05, 3.63) is 16.5 Å². The van der Waals surface area contributed by atoms with E-state index in [1.807, 2.05) is 0 Å². The summed E-state index contributed by atoms with van der Waals surface area (Å²) in [5.74, 6) is 0.0511. The van der Waals surface area contributed by atoms with Gasteiger partial charge in [-0.05, 0) is 30.9 Å². The average Bonchev–Trinajstić information content (AvgIpc) is 3.15. The van der Waals surface area contributed by atoms with E-state index < -0.39 is 10.0 Å². The van der Waals surface area contributed by atoms with Crippen molar-refractivity contribution >= 4 is 38.9 Å². The Labute approximate surface area is 126 Å². The van der Waals surface area contributed by atoms with Gasteiger partial charge in [0.15, 0.2) is 0 Å². The summed E-state index contributed by atoms with van der Waals surface area (Å²) in [6.45, 7) is 0.0603. The fourth-order valence-corrected chi connectivity index (χ4v) is 4.31. The molecule has 0 radical (unpaired) electrons. The van der Waals surface area contributed by atoms with Crippen LogP contribution in [0.15, 0.2) is 16.3 Å². The summed E-state index contributed by atoms with van der Waals surface area (Å²) in [6, 6.07) is 2.83. The highest BCUT2D eigenvalue weighted by atomic mass is 35.5. The monoisotopic (exact) mass is 337 g/mol. The molecule has 9 heteroatoms. The van der Waals surface area contributed by atoms with Crippen LogP contribution in [0, 0.1) is 5.92 Å². The van der Waals surface area contributed by atoms with Crippen molar-refractivity contribution in [1.82, 2.24) is 10.0 Å². The summed E-state index contributed by atoms with van der Waals surface area (Å²) in [6.07, 6.45) is 2.11. The van der Waals surface area contributed by atoms with Gasteiger partial charge in [-0.15, -0.1) is 11.3 Å². The Balaban J connectivity index is 1.86. The standard InChI is InChI=1S/C11H16ClN3O3S2/c12-9-3-4-11(19-9)20(17,18)14-6-10(16)15-8(5-13)7-1-2-7/h3-4,7-8,14H,1-2,5-6,13H2,(H,15,16). The SMILES string of the molecule is NCC(NC(=O)CNS(=O)(=O)c1ccc(Cl)s1)C1CC1. The molecule has 1 aliphatic carbocycles. The minimum absolute atomic E-state index is 0.0665. The van der Waals surface area contributed by atoms with Gasteiger partial charge < -0.3 is 11.1 Å². The molecule has 20 heavy (non-hydrogen) atoms. The minimum atomic E-state index is -3.69. The Hall–Kier alpha value is -0.670. The summed E-state index contributed by atoms with van der Waals surface area (Å²) < 4.78 is 26.5. The lowest BCUT2D eigenvalue weighted by molar-refractivity contribution is -0.120. The summed E-state index contributed by atoms with van der Waals surface area (Å²) in [7, 11) is -3.69. The molecule has 112 valence electrons. The van der Waals surface area contributed by atoms with Crippen molar-refractivity contribution in [3.63, 3.8) is 0 Å². The number of halogens is 1. The Kier molecular flexibility index (Phi) is 5.03. The first kappa shape index (κ1) is 15.7. The number of hydrogen-bond acceptors (Lipinski definition) is 5. The molecule has 0 bridgehead atoms. The normalized spacial score (nSPS) is 16.9. The first-order valence-electron chi connectivity index (χ1n) is 6.17. The Morgan fingerprint density at radius 3 is 2.70 bits per heavy atom. The molecule has 1 saturated carbocycles. The first-order chi connectivity index (χ1) is 9.42. The second-order valence-corrected chi connectivity index (χ2v) is 8.34. The molecular weight excluding hydrogens is 322 g/mol. The zero-order chi connectivity index (χ0) is 14.8. The first-order valence-corrected chi connectivity index (χ1v) is 8.84. The van der Waals surface area contributed by atoms with Crippen LogP contribution < -0.4 is 15.8 Å². The molecule has 1 amide bonds. The number of hydrogen-bond donors (Lipinski definition) is 3. The molecular formula is C11H16ClN3O3S2. The van der Waals surface area contributed by atoms with Crippen LogP contribution in [-0.2, 0) is 14.8 Å². The Morgan fingerprint density at radius 2 is 2.20 bits per heavy atom. The van der Waals surface area contributed by atoms with Crippen molar-refractivity contribution in [2.45, 2.75) is 23.1 Å². The smallest absolute Gasteiger partial charge is 0.250 e. The molecule has 6 nitrogen and oxygen atoms in total. The van der Waals surface area contributed by atoms with Gasteiger partial charge in [0.1, 0.15) is 4.21 Å². The van der Waals surface area contributed by atoms with E-state index in [2.05, 4.69) is 10.0 Å². The number of carbonyl (C=O) groups is 1. The van der Waals surface area contributed by atoms with Crippen LogP contribution >= 0.6 is 22.9 Å². The zero-order valence-corrected chi connectivity index (χ0v) is 13.0. The third-order valence-corrected chi connectivity index (χ3v) is 6.15. The summed E-state index contributed by atoms with van der Waals surface area (Å²) >= 11 is 6.63. The number of rotatable bonds is 7. The zero-order valence-electron chi connectivity index (χ0n) is 10.6. The minimum Gasteiger partial charge on any atom is -0.351 e. The van der Waals surface area contributed by atoms with Gasteiger partial charge in [-0.25, -0.2) is 13.1 Å². The molecule has 1 aromatic heterocycles. The quantitative estimate of drug-likeness (QED) is 0.675. The fraction of sp³-hybridized carbons (Fsp3) is 0.545. The van der Waals surface area contributed by atoms with E-state index in [0.717, 1.165) is 24.2 Å². The van der Waals surface area contributed by atoms with Crippen LogP contribution in [0.2, 0.25) is 4.34 Å². The van der Waals surface area contributed by atoms with E-state index in [-0.39, 0.29) is 22.7 Å². The van der Waals surface area contributed by atoms with Crippen molar-refractivity contribution in [2.75, 3.05) is 13.1 Å².